The molecule has 2 aliphatic rings. The number of amides is 1. The minimum Gasteiger partial charge on any atom is -0.480 e. The van der Waals surface area contributed by atoms with Crippen LogP contribution in [0.5, 0.6) is 0 Å². The molecule has 0 aromatic heterocycles. The van der Waals surface area contributed by atoms with Gasteiger partial charge in [-0.3, -0.25) is 4.79 Å². The van der Waals surface area contributed by atoms with Crippen molar-refractivity contribution in [1.29, 1.82) is 0 Å². The van der Waals surface area contributed by atoms with Crippen molar-refractivity contribution >= 4 is 19.0 Å². The summed E-state index contributed by atoms with van der Waals surface area (Å²) in [5, 5.41) is 36.8. The van der Waals surface area contributed by atoms with Crippen LogP contribution in [0.1, 0.15) is 39.5 Å². The van der Waals surface area contributed by atoms with E-state index in [1.54, 1.807) is 13.8 Å². The number of carboxylic acid groups (broad SMARTS) is 1. The van der Waals surface area contributed by atoms with E-state index in [0.717, 1.165) is 13.0 Å². The molecule has 0 bridgehead atoms. The Morgan fingerprint density at radius 3 is 2.64 bits per heavy atom. The van der Waals surface area contributed by atoms with Gasteiger partial charge in [0.05, 0.1) is 0 Å². The fourth-order valence-corrected chi connectivity index (χ4v) is 4.15. The smallest absolute Gasteiger partial charge is 0.451 e. The molecule has 0 radical (unpaired) electrons. The van der Waals surface area contributed by atoms with Gasteiger partial charge in [-0.15, -0.1) is 0 Å². The van der Waals surface area contributed by atoms with Crippen LogP contribution in [0.3, 0.4) is 0 Å². The average molecular weight is 355 g/mol. The number of rotatable bonds is 9. The zero-order chi connectivity index (χ0) is 18.6. The highest BCUT2D eigenvalue weighted by molar-refractivity contribution is 6.40. The van der Waals surface area contributed by atoms with E-state index < -0.39 is 24.7 Å². The molecule has 2 aliphatic heterocycles. The van der Waals surface area contributed by atoms with Crippen LogP contribution in [0.4, 0.5) is 0 Å². The molecule has 2 fully saturated rings. The molecular weight excluding hydrogens is 325 g/mol. The van der Waals surface area contributed by atoms with Gasteiger partial charge in [0.1, 0.15) is 11.6 Å². The van der Waals surface area contributed by atoms with E-state index in [0.29, 0.717) is 25.8 Å². The molecule has 2 saturated heterocycles. The van der Waals surface area contributed by atoms with Crippen molar-refractivity contribution in [3.8, 4) is 0 Å². The first kappa shape index (κ1) is 20.2. The molecule has 6 N–H and O–H groups in total. The summed E-state index contributed by atoms with van der Waals surface area (Å²) >= 11 is 0. The molecule has 0 spiro atoms. The van der Waals surface area contributed by atoms with Gasteiger partial charge >= 0.3 is 13.1 Å². The van der Waals surface area contributed by atoms with Crippen LogP contribution in [0.25, 0.3) is 0 Å². The average Bonchev–Trinajstić information content (AvgIpc) is 3.11. The predicted molar refractivity (Wildman–Crippen MR) is 93.9 cm³/mol. The van der Waals surface area contributed by atoms with Gasteiger partial charge in [-0.1, -0.05) is 26.7 Å². The number of aliphatic carboxylic acids is 1. The Hall–Kier alpha value is -1.16. The molecule has 4 atom stereocenters. The van der Waals surface area contributed by atoms with E-state index in [-0.39, 0.29) is 30.1 Å². The largest absolute Gasteiger partial charge is 0.480 e. The van der Waals surface area contributed by atoms with Crippen LogP contribution < -0.4 is 16.0 Å². The Kier molecular flexibility index (Phi) is 6.84. The highest BCUT2D eigenvalue weighted by atomic mass is 16.4. The number of carboxylic acids is 1. The van der Waals surface area contributed by atoms with Crippen LogP contribution in [0.2, 0.25) is 6.32 Å². The van der Waals surface area contributed by atoms with Crippen LogP contribution in [0.15, 0.2) is 0 Å². The van der Waals surface area contributed by atoms with Crippen LogP contribution in [0, 0.1) is 11.8 Å². The summed E-state index contributed by atoms with van der Waals surface area (Å²) in [5.41, 5.74) is -0.794. The predicted octanol–water partition coefficient (Wildman–Crippen LogP) is -0.825. The molecule has 0 aromatic rings. The molecular formula is C16H30BN3O5. The first-order chi connectivity index (χ1) is 11.8. The number of hydrogen-bond donors (Lipinski definition) is 6. The van der Waals surface area contributed by atoms with Gasteiger partial charge in [0.15, 0.2) is 0 Å². The molecule has 8 nitrogen and oxygen atoms in total. The quantitative estimate of drug-likeness (QED) is 0.235. The third-order valence-corrected chi connectivity index (χ3v) is 5.53. The van der Waals surface area contributed by atoms with Gasteiger partial charge in [0.25, 0.3) is 0 Å². The summed E-state index contributed by atoms with van der Waals surface area (Å²) in [4.78, 5) is 24.5. The highest BCUT2D eigenvalue weighted by Crippen LogP contribution is 2.37. The summed E-state index contributed by atoms with van der Waals surface area (Å²) < 4.78 is 0. The molecule has 0 aliphatic carbocycles. The molecule has 25 heavy (non-hydrogen) atoms. The zero-order valence-electron chi connectivity index (χ0n) is 15.0. The normalized spacial score (nSPS) is 29.5. The minimum atomic E-state index is -1.33. The highest BCUT2D eigenvalue weighted by Gasteiger charge is 2.54. The molecule has 1 amide bonds. The van der Waals surface area contributed by atoms with Gasteiger partial charge in [0.2, 0.25) is 5.91 Å². The Morgan fingerprint density at radius 1 is 1.32 bits per heavy atom. The van der Waals surface area contributed by atoms with Gasteiger partial charge in [-0.05, 0) is 31.6 Å². The third kappa shape index (κ3) is 4.52. The Morgan fingerprint density at radius 2 is 2.04 bits per heavy atom. The summed E-state index contributed by atoms with van der Waals surface area (Å²) in [6, 6.07) is -0.699. The van der Waals surface area contributed by atoms with Gasteiger partial charge < -0.3 is 31.1 Å². The molecule has 0 aromatic carbocycles. The third-order valence-electron chi connectivity index (χ3n) is 5.53. The second-order valence-corrected chi connectivity index (χ2v) is 7.57. The SMILES string of the molecule is CC(C)C(NC(=O)[C@]1(CCCCB(O)O)NC[C@@H]2NCC[C@@H]21)C(=O)O. The number of fused-ring (bicyclic) bond motifs is 1. The van der Waals surface area contributed by atoms with Crippen molar-refractivity contribution in [1.82, 2.24) is 16.0 Å². The Bertz CT molecular complexity index is 490. The fourth-order valence-electron chi connectivity index (χ4n) is 4.15. The number of carbonyl (C=O) groups is 2. The van der Waals surface area contributed by atoms with Crippen LogP contribution in [-0.4, -0.2) is 64.9 Å². The Balaban J connectivity index is 2.11. The number of carbonyl (C=O) groups excluding carboxylic acids is 1. The lowest BCUT2D eigenvalue weighted by Gasteiger charge is -2.35. The van der Waals surface area contributed by atoms with Crippen molar-refractivity contribution in [2.75, 3.05) is 13.1 Å². The lowest BCUT2D eigenvalue weighted by Crippen LogP contribution is -2.61. The van der Waals surface area contributed by atoms with Crippen molar-refractivity contribution in [2.24, 2.45) is 11.8 Å². The number of hydrogen-bond acceptors (Lipinski definition) is 6. The second-order valence-electron chi connectivity index (χ2n) is 7.57. The van der Waals surface area contributed by atoms with Crippen molar-refractivity contribution in [3.05, 3.63) is 0 Å². The van der Waals surface area contributed by atoms with E-state index in [4.69, 9.17) is 10.0 Å². The summed E-state index contributed by atoms with van der Waals surface area (Å²) in [6.45, 7) is 5.08. The van der Waals surface area contributed by atoms with Crippen LogP contribution in [-0.2, 0) is 9.59 Å². The van der Waals surface area contributed by atoms with E-state index in [2.05, 4.69) is 16.0 Å². The topological polar surface area (TPSA) is 131 Å². The van der Waals surface area contributed by atoms with E-state index in [1.165, 1.54) is 0 Å². The molecule has 2 heterocycles. The van der Waals surface area contributed by atoms with Crippen molar-refractivity contribution < 1.29 is 24.7 Å². The second kappa shape index (κ2) is 8.48. The maximum absolute atomic E-state index is 13.1. The lowest BCUT2D eigenvalue weighted by atomic mass is 9.76. The van der Waals surface area contributed by atoms with Gasteiger partial charge in [-0.2, -0.15) is 0 Å². The van der Waals surface area contributed by atoms with E-state index in [1.807, 2.05) is 0 Å². The van der Waals surface area contributed by atoms with E-state index in [9.17, 15) is 14.7 Å². The fraction of sp³-hybridized carbons (Fsp3) is 0.875. The molecule has 142 valence electrons. The molecule has 0 saturated carbocycles. The maximum atomic E-state index is 13.1. The summed E-state index contributed by atoms with van der Waals surface area (Å²) in [7, 11) is -1.33. The number of unbranched alkanes of at least 4 members (excludes halogenated alkanes) is 1. The minimum absolute atomic E-state index is 0.119. The molecule has 9 heteroatoms. The number of nitrogens with one attached hydrogen (secondary N) is 3. The van der Waals surface area contributed by atoms with Crippen LogP contribution >= 0.6 is 0 Å². The summed E-state index contributed by atoms with van der Waals surface area (Å²) in [6.07, 6.45) is 2.96. The maximum Gasteiger partial charge on any atom is 0.451 e. The first-order valence-electron chi connectivity index (χ1n) is 9.16. The van der Waals surface area contributed by atoms with E-state index >= 15 is 0 Å². The standard InChI is InChI=1S/C16H30BN3O5/c1-10(2)13(14(21)22)20-15(23)16(6-3-4-7-17(24)25)11-5-8-18-12(11)9-19-16/h10-13,18-19,24-25H,3-9H2,1-2H3,(H,20,23)(H,21,22)/t11-,12-,13?,16+/m0/s1. The molecule has 1 unspecified atom stereocenters. The lowest BCUT2D eigenvalue weighted by molar-refractivity contribution is -0.144. The van der Waals surface area contributed by atoms with Crippen molar-refractivity contribution in [2.45, 2.75) is 63.5 Å². The monoisotopic (exact) mass is 355 g/mol. The van der Waals surface area contributed by atoms with Gasteiger partial charge in [0, 0.05) is 18.5 Å². The zero-order valence-corrected chi connectivity index (χ0v) is 15.0. The van der Waals surface area contributed by atoms with Gasteiger partial charge in [-0.25, -0.2) is 4.79 Å². The molecule has 2 rings (SSSR count). The first-order valence-corrected chi connectivity index (χ1v) is 9.16. The van der Waals surface area contributed by atoms with Crippen molar-refractivity contribution in [3.63, 3.8) is 0 Å². The Labute approximate surface area is 148 Å². The summed E-state index contributed by atoms with van der Waals surface area (Å²) in [5.74, 6) is -1.37.